The van der Waals surface area contributed by atoms with Crippen LogP contribution >= 0.6 is 11.3 Å². The number of anilines is 1. The van der Waals surface area contributed by atoms with E-state index in [2.05, 4.69) is 15.2 Å². The third-order valence-electron chi connectivity index (χ3n) is 4.30. The van der Waals surface area contributed by atoms with Gasteiger partial charge in [0.2, 0.25) is 0 Å². The maximum absolute atomic E-state index is 12.7. The first-order chi connectivity index (χ1) is 14.5. The molecule has 0 saturated heterocycles. The van der Waals surface area contributed by atoms with Gasteiger partial charge in [0.15, 0.2) is 5.13 Å². The maximum Gasteiger partial charge on any atom is 0.257 e. The molecule has 0 fully saturated rings. The number of amides is 1. The second-order valence-electron chi connectivity index (χ2n) is 6.74. The fraction of sp³-hybridized carbons (Fsp3) is 0.273. The number of thiazole rings is 1. The van der Waals surface area contributed by atoms with Gasteiger partial charge in [-0.3, -0.25) is 10.1 Å². The number of benzene rings is 2. The molecule has 1 N–H and O–H groups in total. The first-order valence-corrected chi connectivity index (χ1v) is 10.2. The highest BCUT2D eigenvalue weighted by molar-refractivity contribution is 7.14. The molecule has 0 atom stereocenters. The molecule has 1 heterocycles. The first-order valence-electron chi connectivity index (χ1n) is 9.37. The van der Waals surface area contributed by atoms with Gasteiger partial charge in [-0.25, -0.2) is 4.98 Å². The summed E-state index contributed by atoms with van der Waals surface area (Å²) in [5.41, 5.74) is 2.06. The SMILES string of the molecule is COc1cc(OC)cc(C(=O)Nc2nc(-c3ccccc3OCCN(C)C)cs2)c1. The minimum Gasteiger partial charge on any atom is -0.497 e. The number of hydrogen-bond donors (Lipinski definition) is 1. The number of rotatable bonds is 9. The molecule has 0 bridgehead atoms. The van der Waals surface area contributed by atoms with Crippen LogP contribution in [0.4, 0.5) is 5.13 Å². The average Bonchev–Trinajstić information content (AvgIpc) is 3.21. The van der Waals surface area contributed by atoms with Crippen LogP contribution in [0.15, 0.2) is 47.8 Å². The maximum atomic E-state index is 12.7. The van der Waals surface area contributed by atoms with Crippen LogP contribution in [0.1, 0.15) is 10.4 Å². The predicted octanol–water partition coefficient (Wildman–Crippen LogP) is 4.02. The highest BCUT2D eigenvalue weighted by Crippen LogP contribution is 2.32. The van der Waals surface area contributed by atoms with E-state index in [1.807, 2.05) is 43.7 Å². The van der Waals surface area contributed by atoms with Crippen LogP contribution in [-0.2, 0) is 0 Å². The fourth-order valence-corrected chi connectivity index (χ4v) is 3.41. The summed E-state index contributed by atoms with van der Waals surface area (Å²) in [5.74, 6) is 1.56. The van der Waals surface area contributed by atoms with E-state index in [0.29, 0.717) is 28.8 Å². The van der Waals surface area contributed by atoms with Crippen LogP contribution in [0.3, 0.4) is 0 Å². The summed E-state index contributed by atoms with van der Waals surface area (Å²) in [6.07, 6.45) is 0. The molecule has 8 heteroatoms. The lowest BCUT2D eigenvalue weighted by Gasteiger charge is -2.13. The van der Waals surface area contributed by atoms with E-state index >= 15 is 0 Å². The van der Waals surface area contributed by atoms with Crippen molar-refractivity contribution in [3.05, 3.63) is 53.4 Å². The lowest BCUT2D eigenvalue weighted by atomic mass is 10.1. The third-order valence-corrected chi connectivity index (χ3v) is 5.06. The van der Waals surface area contributed by atoms with E-state index in [4.69, 9.17) is 14.2 Å². The monoisotopic (exact) mass is 427 g/mol. The van der Waals surface area contributed by atoms with Crippen molar-refractivity contribution in [3.63, 3.8) is 0 Å². The van der Waals surface area contributed by atoms with Crippen molar-refractivity contribution in [2.24, 2.45) is 0 Å². The molecule has 2 aromatic carbocycles. The van der Waals surface area contributed by atoms with Crippen LogP contribution in [-0.4, -0.2) is 57.3 Å². The summed E-state index contributed by atoms with van der Waals surface area (Å²) in [5, 5.41) is 5.24. The molecule has 1 aromatic heterocycles. The molecular weight excluding hydrogens is 402 g/mol. The molecular formula is C22H25N3O4S. The van der Waals surface area contributed by atoms with Crippen molar-refractivity contribution in [2.75, 3.05) is 46.8 Å². The Hall–Kier alpha value is -3.10. The van der Waals surface area contributed by atoms with Crippen LogP contribution in [0.25, 0.3) is 11.3 Å². The number of carbonyl (C=O) groups excluding carboxylic acids is 1. The van der Waals surface area contributed by atoms with Crippen molar-refractivity contribution in [2.45, 2.75) is 0 Å². The number of ether oxygens (including phenoxy) is 3. The van der Waals surface area contributed by atoms with E-state index in [0.717, 1.165) is 23.6 Å². The molecule has 0 unspecified atom stereocenters. The van der Waals surface area contributed by atoms with E-state index in [9.17, 15) is 4.79 Å². The van der Waals surface area contributed by atoms with E-state index < -0.39 is 0 Å². The molecule has 0 spiro atoms. The van der Waals surface area contributed by atoms with Gasteiger partial charge >= 0.3 is 0 Å². The smallest absolute Gasteiger partial charge is 0.257 e. The van der Waals surface area contributed by atoms with Crippen molar-refractivity contribution in [3.8, 4) is 28.5 Å². The standard InChI is InChI=1S/C22H25N3O4S/c1-25(2)9-10-29-20-8-6-5-7-18(20)19-14-30-22(23-19)24-21(26)15-11-16(27-3)13-17(12-15)28-4/h5-8,11-14H,9-10H2,1-4H3,(H,23,24,26). The lowest BCUT2D eigenvalue weighted by Crippen LogP contribution is -2.19. The largest absolute Gasteiger partial charge is 0.497 e. The Morgan fingerprint density at radius 3 is 2.47 bits per heavy atom. The topological polar surface area (TPSA) is 72.9 Å². The molecule has 30 heavy (non-hydrogen) atoms. The van der Waals surface area contributed by atoms with E-state index in [1.165, 1.54) is 11.3 Å². The zero-order valence-corrected chi connectivity index (χ0v) is 18.3. The molecule has 0 radical (unpaired) electrons. The number of carbonyl (C=O) groups is 1. The van der Waals surface area contributed by atoms with Gasteiger partial charge < -0.3 is 19.1 Å². The lowest BCUT2D eigenvalue weighted by molar-refractivity contribution is 0.102. The zero-order valence-electron chi connectivity index (χ0n) is 17.5. The molecule has 0 aliphatic carbocycles. The second-order valence-corrected chi connectivity index (χ2v) is 7.60. The van der Waals surface area contributed by atoms with Gasteiger partial charge in [0, 0.05) is 29.1 Å². The molecule has 3 rings (SSSR count). The van der Waals surface area contributed by atoms with Gasteiger partial charge in [-0.2, -0.15) is 0 Å². The summed E-state index contributed by atoms with van der Waals surface area (Å²) < 4.78 is 16.4. The highest BCUT2D eigenvalue weighted by Gasteiger charge is 2.14. The third kappa shape index (κ3) is 5.49. The normalized spacial score (nSPS) is 10.7. The predicted molar refractivity (Wildman–Crippen MR) is 119 cm³/mol. The van der Waals surface area contributed by atoms with Gasteiger partial charge in [0.05, 0.1) is 19.9 Å². The Balaban J connectivity index is 1.75. The minimum absolute atomic E-state index is 0.288. The second kappa shape index (κ2) is 10.1. The number of methoxy groups -OCH3 is 2. The number of para-hydroxylation sites is 1. The quantitative estimate of drug-likeness (QED) is 0.556. The van der Waals surface area contributed by atoms with Crippen molar-refractivity contribution >= 4 is 22.4 Å². The molecule has 0 saturated carbocycles. The fourth-order valence-electron chi connectivity index (χ4n) is 2.70. The molecule has 1 amide bonds. The number of aromatic nitrogens is 1. The Morgan fingerprint density at radius 1 is 1.10 bits per heavy atom. The Labute approximate surface area is 180 Å². The summed E-state index contributed by atoms with van der Waals surface area (Å²) in [4.78, 5) is 19.3. The summed E-state index contributed by atoms with van der Waals surface area (Å²) in [6.45, 7) is 1.39. The molecule has 158 valence electrons. The average molecular weight is 428 g/mol. The van der Waals surface area contributed by atoms with Gasteiger partial charge in [0.25, 0.3) is 5.91 Å². The first kappa shape index (κ1) is 21.6. The highest BCUT2D eigenvalue weighted by atomic mass is 32.1. The van der Waals surface area contributed by atoms with E-state index in [-0.39, 0.29) is 5.91 Å². The number of likely N-dealkylation sites (N-methyl/N-ethyl adjacent to an activating group) is 1. The minimum atomic E-state index is -0.288. The summed E-state index contributed by atoms with van der Waals surface area (Å²) in [7, 11) is 7.09. The Kier molecular flexibility index (Phi) is 7.26. The molecule has 3 aromatic rings. The van der Waals surface area contributed by atoms with Crippen molar-refractivity contribution < 1.29 is 19.0 Å². The molecule has 0 aliphatic rings. The molecule has 7 nitrogen and oxygen atoms in total. The Morgan fingerprint density at radius 2 is 1.80 bits per heavy atom. The molecule has 0 aliphatic heterocycles. The van der Waals surface area contributed by atoms with Crippen LogP contribution in [0.2, 0.25) is 0 Å². The van der Waals surface area contributed by atoms with Crippen LogP contribution < -0.4 is 19.5 Å². The number of nitrogens with zero attached hydrogens (tertiary/aromatic N) is 2. The summed E-state index contributed by atoms with van der Waals surface area (Å²) >= 11 is 1.36. The van der Waals surface area contributed by atoms with Gasteiger partial charge in [-0.15, -0.1) is 11.3 Å². The zero-order chi connectivity index (χ0) is 21.5. The number of hydrogen-bond acceptors (Lipinski definition) is 7. The van der Waals surface area contributed by atoms with E-state index in [1.54, 1.807) is 32.4 Å². The van der Waals surface area contributed by atoms with Crippen LogP contribution in [0.5, 0.6) is 17.2 Å². The Bertz CT molecular complexity index is 981. The van der Waals surface area contributed by atoms with Gasteiger partial charge in [0.1, 0.15) is 23.9 Å². The van der Waals surface area contributed by atoms with Gasteiger partial charge in [-0.05, 0) is 38.4 Å². The van der Waals surface area contributed by atoms with Crippen molar-refractivity contribution in [1.29, 1.82) is 0 Å². The van der Waals surface area contributed by atoms with Gasteiger partial charge in [-0.1, -0.05) is 12.1 Å². The summed E-state index contributed by atoms with van der Waals surface area (Å²) in [6, 6.07) is 12.8. The number of nitrogens with one attached hydrogen (secondary N) is 1. The van der Waals surface area contributed by atoms with Crippen LogP contribution in [0, 0.1) is 0 Å². The van der Waals surface area contributed by atoms with Crippen molar-refractivity contribution in [1.82, 2.24) is 9.88 Å².